The highest BCUT2D eigenvalue weighted by Gasteiger charge is 2.67. The zero-order valence-electron chi connectivity index (χ0n) is 17.9. The van der Waals surface area contributed by atoms with E-state index in [1.165, 1.54) is 56.5 Å². The molecule has 0 aromatic rings. The number of esters is 1. The van der Waals surface area contributed by atoms with E-state index in [1.807, 2.05) is 0 Å². The van der Waals surface area contributed by atoms with E-state index in [1.54, 1.807) is 7.11 Å². The molecule has 3 aliphatic carbocycles. The molecule has 154 valence electrons. The highest BCUT2D eigenvalue weighted by molar-refractivity contribution is 8.21. The van der Waals surface area contributed by atoms with E-state index in [0.29, 0.717) is 20.8 Å². The molecule has 6 atom stereocenters. The predicted molar refractivity (Wildman–Crippen MR) is 117 cm³/mol. The molecule has 2 nitrogen and oxygen atoms in total. The van der Waals surface area contributed by atoms with E-state index in [2.05, 4.69) is 51.2 Å². The number of carbonyl (C=O) groups is 1. The Bertz CT molecular complexity index is 601. The van der Waals surface area contributed by atoms with Gasteiger partial charge in [-0.15, -0.1) is 23.5 Å². The van der Waals surface area contributed by atoms with Crippen LogP contribution in [0.2, 0.25) is 0 Å². The lowest BCUT2D eigenvalue weighted by molar-refractivity contribution is -0.177. The van der Waals surface area contributed by atoms with Gasteiger partial charge in [0.15, 0.2) is 0 Å². The van der Waals surface area contributed by atoms with Gasteiger partial charge in [0.05, 0.1) is 16.6 Å². The van der Waals surface area contributed by atoms with Gasteiger partial charge in [0, 0.05) is 11.5 Å². The van der Waals surface area contributed by atoms with Gasteiger partial charge < -0.3 is 4.74 Å². The highest BCUT2D eigenvalue weighted by Crippen LogP contribution is 2.73. The van der Waals surface area contributed by atoms with Crippen molar-refractivity contribution in [2.45, 2.75) is 83.1 Å². The van der Waals surface area contributed by atoms with Crippen molar-refractivity contribution in [3.8, 4) is 0 Å². The van der Waals surface area contributed by atoms with E-state index < -0.39 is 0 Å². The molecule has 0 aromatic carbocycles. The minimum atomic E-state index is -0.276. The first-order valence-corrected chi connectivity index (χ1v) is 13.1. The molecule has 1 heterocycles. The van der Waals surface area contributed by atoms with Crippen LogP contribution >= 0.6 is 23.5 Å². The van der Waals surface area contributed by atoms with Gasteiger partial charge in [0.2, 0.25) is 0 Å². The summed E-state index contributed by atoms with van der Waals surface area (Å²) in [4.78, 5) is 12.8. The molecule has 1 saturated heterocycles. The summed E-state index contributed by atoms with van der Waals surface area (Å²) in [6.45, 7) is 9.78. The van der Waals surface area contributed by atoms with Crippen molar-refractivity contribution < 1.29 is 9.53 Å². The Balaban J connectivity index is 1.72. The summed E-state index contributed by atoms with van der Waals surface area (Å²) in [5.74, 6) is 4.78. The molecule has 4 heteroatoms. The molecule has 4 aliphatic rings. The van der Waals surface area contributed by atoms with Gasteiger partial charge in [-0.1, -0.05) is 27.2 Å². The van der Waals surface area contributed by atoms with Gasteiger partial charge >= 0.3 is 5.97 Å². The minimum Gasteiger partial charge on any atom is -0.469 e. The molecule has 0 amide bonds. The van der Waals surface area contributed by atoms with E-state index in [4.69, 9.17) is 4.74 Å². The molecule has 27 heavy (non-hydrogen) atoms. The van der Waals surface area contributed by atoms with Crippen molar-refractivity contribution in [2.75, 3.05) is 18.6 Å². The molecule has 4 fully saturated rings. The molecule has 3 saturated carbocycles. The number of methoxy groups -OCH3 is 1. The summed E-state index contributed by atoms with van der Waals surface area (Å²) in [6.07, 6.45) is 10.1. The lowest BCUT2D eigenvalue weighted by Crippen LogP contribution is -2.62. The van der Waals surface area contributed by atoms with Crippen LogP contribution in [0.25, 0.3) is 0 Å². The van der Waals surface area contributed by atoms with Gasteiger partial charge in [-0.25, -0.2) is 0 Å². The predicted octanol–water partition coefficient (Wildman–Crippen LogP) is 6.38. The van der Waals surface area contributed by atoms with Gasteiger partial charge in [-0.2, -0.15) is 0 Å². The van der Waals surface area contributed by atoms with Crippen LogP contribution in [-0.4, -0.2) is 28.7 Å². The first kappa shape index (κ1) is 20.4. The Kier molecular flexibility index (Phi) is 5.19. The number of hydrogen-bond acceptors (Lipinski definition) is 4. The Morgan fingerprint density at radius 1 is 1.00 bits per heavy atom. The molecule has 0 radical (unpaired) electrons. The van der Waals surface area contributed by atoms with Crippen molar-refractivity contribution in [1.82, 2.24) is 0 Å². The lowest BCUT2D eigenvalue weighted by Gasteiger charge is -2.66. The number of hydrogen-bond donors (Lipinski definition) is 0. The van der Waals surface area contributed by atoms with Crippen LogP contribution in [-0.2, 0) is 9.53 Å². The van der Waals surface area contributed by atoms with Gasteiger partial charge in [-0.3, -0.25) is 4.79 Å². The zero-order valence-corrected chi connectivity index (χ0v) is 19.6. The topological polar surface area (TPSA) is 26.3 Å². The third-order valence-corrected chi connectivity index (χ3v) is 13.8. The summed E-state index contributed by atoms with van der Waals surface area (Å²) in [5.41, 5.74) is 0.487. The number of thioether (sulfide) groups is 2. The average molecular weight is 411 g/mol. The van der Waals surface area contributed by atoms with E-state index >= 15 is 0 Å². The van der Waals surface area contributed by atoms with E-state index in [9.17, 15) is 4.79 Å². The fourth-order valence-electron chi connectivity index (χ4n) is 7.98. The summed E-state index contributed by atoms with van der Waals surface area (Å²) in [6, 6.07) is 0. The first-order chi connectivity index (χ1) is 12.8. The molecule has 0 unspecified atom stereocenters. The van der Waals surface area contributed by atoms with Crippen LogP contribution in [0, 0.1) is 34.0 Å². The second kappa shape index (κ2) is 6.86. The van der Waals surface area contributed by atoms with Crippen LogP contribution in [0.15, 0.2) is 0 Å². The van der Waals surface area contributed by atoms with Crippen molar-refractivity contribution in [1.29, 1.82) is 0 Å². The molecule has 1 spiro atoms. The normalized spacial score (nSPS) is 48.7. The Morgan fingerprint density at radius 3 is 2.33 bits per heavy atom. The Hall–Kier alpha value is 0.170. The van der Waals surface area contributed by atoms with E-state index in [0.717, 1.165) is 18.3 Å². The van der Waals surface area contributed by atoms with Crippen molar-refractivity contribution in [3.05, 3.63) is 0 Å². The highest BCUT2D eigenvalue weighted by atomic mass is 32.2. The average Bonchev–Trinajstić information content (AvgIpc) is 3.15. The second-order valence-electron chi connectivity index (χ2n) is 10.4. The molecule has 0 bridgehead atoms. The number of carbonyl (C=O) groups excluding carboxylic acids is 1. The Morgan fingerprint density at radius 2 is 1.70 bits per heavy atom. The smallest absolute Gasteiger partial charge is 0.311 e. The summed E-state index contributed by atoms with van der Waals surface area (Å²) < 4.78 is 5.73. The van der Waals surface area contributed by atoms with Crippen molar-refractivity contribution in [3.63, 3.8) is 0 Å². The van der Waals surface area contributed by atoms with Crippen LogP contribution < -0.4 is 0 Å². The second-order valence-corrected chi connectivity index (χ2v) is 13.4. The zero-order chi connectivity index (χ0) is 19.5. The molecule has 1 aliphatic heterocycles. The Labute approximate surface area is 174 Å². The quantitative estimate of drug-likeness (QED) is 0.493. The lowest BCUT2D eigenvalue weighted by atomic mass is 9.42. The van der Waals surface area contributed by atoms with E-state index in [-0.39, 0.29) is 11.4 Å². The van der Waals surface area contributed by atoms with Crippen molar-refractivity contribution >= 4 is 29.5 Å². The standard InChI is InChI=1S/C23H38O2S2/c1-6-20(2)13-10-16-17(23(20)26-14-15-27-23)8-9-18-21(16,3)11-7-12-22(18,4)19(24)25-5/h16-18H,6-15H2,1-5H3/t16-,17+,18+,20+,21+,22+/m0/s1. The largest absolute Gasteiger partial charge is 0.469 e. The SMILES string of the molecule is CC[C@]1(C)CC[C@H]2[C@@H](CC[C@@H]3[C@]2(C)CCC[C@@]3(C)C(=O)OC)C12SCCS2. The van der Waals surface area contributed by atoms with Gasteiger partial charge in [0.1, 0.15) is 0 Å². The summed E-state index contributed by atoms with van der Waals surface area (Å²) >= 11 is 4.61. The fourth-order valence-corrected chi connectivity index (χ4v) is 12.3. The van der Waals surface area contributed by atoms with Crippen LogP contribution in [0.1, 0.15) is 79.1 Å². The molecule has 0 N–H and O–H groups in total. The maximum absolute atomic E-state index is 12.8. The first-order valence-electron chi connectivity index (χ1n) is 11.1. The third kappa shape index (κ3) is 2.64. The molecular weight excluding hydrogens is 372 g/mol. The number of fused-ring (bicyclic) bond motifs is 4. The molecule has 0 aromatic heterocycles. The van der Waals surface area contributed by atoms with Gasteiger partial charge in [0.25, 0.3) is 0 Å². The van der Waals surface area contributed by atoms with Crippen LogP contribution in [0.4, 0.5) is 0 Å². The molecule has 4 rings (SSSR count). The fraction of sp³-hybridized carbons (Fsp3) is 0.957. The maximum Gasteiger partial charge on any atom is 0.311 e. The summed E-state index contributed by atoms with van der Waals surface area (Å²) in [7, 11) is 1.58. The van der Waals surface area contributed by atoms with Crippen molar-refractivity contribution in [2.24, 2.45) is 34.0 Å². The maximum atomic E-state index is 12.8. The number of rotatable bonds is 2. The van der Waals surface area contributed by atoms with Gasteiger partial charge in [-0.05, 0) is 80.5 Å². The third-order valence-electron chi connectivity index (χ3n) is 9.56. The number of ether oxygens (including phenoxy) is 1. The minimum absolute atomic E-state index is 0.0467. The molecular formula is C23H38O2S2. The van der Waals surface area contributed by atoms with Crippen LogP contribution in [0.3, 0.4) is 0 Å². The van der Waals surface area contributed by atoms with Crippen LogP contribution in [0.5, 0.6) is 0 Å². The summed E-state index contributed by atoms with van der Waals surface area (Å²) in [5, 5.41) is 0. The monoisotopic (exact) mass is 410 g/mol.